The van der Waals surface area contributed by atoms with Crippen molar-refractivity contribution < 1.29 is 0 Å². The van der Waals surface area contributed by atoms with Gasteiger partial charge in [-0.25, -0.2) is 4.98 Å². The van der Waals surface area contributed by atoms with Gasteiger partial charge in [-0.05, 0) is 63.0 Å². The predicted octanol–water partition coefficient (Wildman–Crippen LogP) is 3.45. The number of hydrogen-bond acceptors (Lipinski definition) is 5. The highest BCUT2D eigenvalue weighted by Crippen LogP contribution is 2.21. The van der Waals surface area contributed by atoms with E-state index in [1.165, 1.54) is 24.2 Å². The Labute approximate surface area is 188 Å². The van der Waals surface area contributed by atoms with Crippen molar-refractivity contribution in [1.29, 1.82) is 0 Å². The molecular formula is C22H31ClN6S. The molecule has 0 bridgehead atoms. The number of aliphatic imine (C=N–C) groups is 1. The van der Waals surface area contributed by atoms with Crippen LogP contribution in [0.25, 0.3) is 0 Å². The number of guanidine groups is 1. The molecule has 0 radical (unpaired) electrons. The molecule has 2 N–H and O–H groups in total. The maximum absolute atomic E-state index is 6.32. The molecule has 8 heteroatoms. The molecule has 2 aliphatic heterocycles. The summed E-state index contributed by atoms with van der Waals surface area (Å²) in [7, 11) is 0. The summed E-state index contributed by atoms with van der Waals surface area (Å²) < 4.78 is 0. The summed E-state index contributed by atoms with van der Waals surface area (Å²) >= 11 is 7.73. The zero-order chi connectivity index (χ0) is 20.9. The fourth-order valence-corrected chi connectivity index (χ4v) is 4.94. The fourth-order valence-electron chi connectivity index (χ4n) is 4.21. The Bertz CT molecular complexity index is 836. The van der Waals surface area contributed by atoms with E-state index < -0.39 is 0 Å². The molecule has 0 aliphatic carbocycles. The van der Waals surface area contributed by atoms with E-state index in [1.54, 1.807) is 11.3 Å². The second-order valence-corrected chi connectivity index (χ2v) is 9.73. The Kier molecular flexibility index (Phi) is 7.12. The van der Waals surface area contributed by atoms with Gasteiger partial charge in [0, 0.05) is 55.4 Å². The van der Waals surface area contributed by atoms with E-state index in [0.717, 1.165) is 62.4 Å². The van der Waals surface area contributed by atoms with E-state index >= 15 is 0 Å². The molecular weight excluding hydrogens is 416 g/mol. The van der Waals surface area contributed by atoms with Gasteiger partial charge < -0.3 is 15.5 Å². The third kappa shape index (κ3) is 5.65. The van der Waals surface area contributed by atoms with Crippen LogP contribution in [0.1, 0.15) is 23.5 Å². The largest absolute Gasteiger partial charge is 0.370 e. The lowest BCUT2D eigenvalue weighted by atomic mass is 9.97. The Hall–Kier alpha value is -1.83. The number of aryl methyl sites for hydroxylation is 1. The van der Waals surface area contributed by atoms with E-state index in [2.05, 4.69) is 44.1 Å². The minimum atomic E-state index is 0.632. The first kappa shape index (κ1) is 21.4. The van der Waals surface area contributed by atoms with Gasteiger partial charge >= 0.3 is 0 Å². The van der Waals surface area contributed by atoms with Gasteiger partial charge in [-0.3, -0.25) is 9.89 Å². The third-order valence-electron chi connectivity index (χ3n) is 6.07. The van der Waals surface area contributed by atoms with Gasteiger partial charge in [0.15, 0.2) is 5.96 Å². The van der Waals surface area contributed by atoms with Crippen LogP contribution in [0.4, 0.5) is 5.69 Å². The third-order valence-corrected chi connectivity index (χ3v) is 7.14. The van der Waals surface area contributed by atoms with Crippen LogP contribution in [-0.4, -0.2) is 66.6 Å². The molecule has 2 saturated heterocycles. The second kappa shape index (κ2) is 9.98. The molecule has 0 unspecified atom stereocenters. The van der Waals surface area contributed by atoms with Crippen LogP contribution in [-0.2, 0) is 6.54 Å². The van der Waals surface area contributed by atoms with Gasteiger partial charge in [-0.1, -0.05) is 11.6 Å². The number of anilines is 1. The van der Waals surface area contributed by atoms with Crippen LogP contribution in [0, 0.1) is 12.8 Å². The quantitative estimate of drug-likeness (QED) is 0.563. The molecule has 2 aromatic rings. The average molecular weight is 447 g/mol. The number of benzene rings is 1. The first-order valence-corrected chi connectivity index (χ1v) is 12.0. The molecule has 0 amide bonds. The minimum Gasteiger partial charge on any atom is -0.370 e. The van der Waals surface area contributed by atoms with Gasteiger partial charge in [-0.2, -0.15) is 0 Å². The highest BCUT2D eigenvalue weighted by Gasteiger charge is 2.21. The lowest BCUT2D eigenvalue weighted by molar-refractivity contribution is 0.179. The smallest absolute Gasteiger partial charge is 0.191 e. The lowest BCUT2D eigenvalue weighted by Crippen LogP contribution is -2.51. The van der Waals surface area contributed by atoms with Crippen molar-refractivity contribution in [3.05, 3.63) is 45.4 Å². The van der Waals surface area contributed by atoms with Gasteiger partial charge in [0.25, 0.3) is 0 Å². The number of halogens is 1. The maximum Gasteiger partial charge on any atom is 0.191 e. The number of aromatic nitrogens is 1. The molecule has 162 valence electrons. The second-order valence-electron chi connectivity index (χ2n) is 8.23. The first-order valence-electron chi connectivity index (χ1n) is 10.8. The van der Waals surface area contributed by atoms with Gasteiger partial charge in [0.05, 0.1) is 10.7 Å². The summed E-state index contributed by atoms with van der Waals surface area (Å²) in [6.07, 6.45) is 2.37. The fraction of sp³-hybridized carbons (Fsp3) is 0.545. The monoisotopic (exact) mass is 446 g/mol. The zero-order valence-electron chi connectivity index (χ0n) is 17.6. The van der Waals surface area contributed by atoms with Gasteiger partial charge in [0.1, 0.15) is 0 Å². The lowest BCUT2D eigenvalue weighted by Gasteiger charge is -2.37. The molecule has 0 saturated carbocycles. The van der Waals surface area contributed by atoms with Crippen LogP contribution in [0.5, 0.6) is 0 Å². The van der Waals surface area contributed by atoms with Crippen molar-refractivity contribution in [1.82, 2.24) is 14.8 Å². The topological polar surface area (TPSA) is 61.0 Å². The number of piperidine rings is 1. The van der Waals surface area contributed by atoms with Crippen LogP contribution >= 0.6 is 22.9 Å². The van der Waals surface area contributed by atoms with Crippen LogP contribution in [0.15, 0.2) is 34.6 Å². The maximum atomic E-state index is 6.32. The van der Waals surface area contributed by atoms with E-state index in [-0.39, 0.29) is 0 Å². The number of rotatable bonds is 5. The number of likely N-dealkylation sites (tertiary alicyclic amines) is 1. The number of nitrogens with two attached hydrogens (primary N) is 1. The van der Waals surface area contributed by atoms with Crippen molar-refractivity contribution >= 4 is 34.6 Å². The minimum absolute atomic E-state index is 0.632. The molecule has 0 spiro atoms. The molecule has 4 rings (SSSR count). The summed E-state index contributed by atoms with van der Waals surface area (Å²) in [5.41, 5.74) is 8.75. The standard InChI is InChI=1S/C22H31ClN6S/c1-17-26-20(16-30-17)15-27-8-6-18(7-9-27)14-25-22(24)29-12-10-28(11-13-29)21-4-2-19(23)3-5-21/h2-5,16,18H,6-15H2,1H3,(H2,24,25). The van der Waals surface area contributed by atoms with Gasteiger partial charge in [0.2, 0.25) is 0 Å². The molecule has 2 aliphatic rings. The average Bonchev–Trinajstić information content (AvgIpc) is 3.18. The Morgan fingerprint density at radius 3 is 2.47 bits per heavy atom. The normalized spacial score (nSPS) is 19.5. The molecule has 1 aromatic heterocycles. The first-order chi connectivity index (χ1) is 14.6. The molecule has 6 nitrogen and oxygen atoms in total. The van der Waals surface area contributed by atoms with Crippen LogP contribution in [0.2, 0.25) is 5.02 Å². The summed E-state index contributed by atoms with van der Waals surface area (Å²) in [6.45, 7) is 9.84. The Morgan fingerprint density at radius 1 is 1.13 bits per heavy atom. The van der Waals surface area contributed by atoms with Crippen molar-refractivity contribution in [3.63, 3.8) is 0 Å². The SMILES string of the molecule is Cc1nc(CN2CCC(CN=C(N)N3CCN(c4ccc(Cl)cc4)CC3)CC2)cs1. The van der Waals surface area contributed by atoms with Gasteiger partial charge in [-0.15, -0.1) is 11.3 Å². The van der Waals surface area contributed by atoms with Crippen molar-refractivity contribution in [2.24, 2.45) is 16.6 Å². The van der Waals surface area contributed by atoms with E-state index in [9.17, 15) is 0 Å². The van der Waals surface area contributed by atoms with Crippen molar-refractivity contribution in [2.45, 2.75) is 26.3 Å². The number of thiazole rings is 1. The van der Waals surface area contributed by atoms with Crippen molar-refractivity contribution in [3.8, 4) is 0 Å². The summed E-state index contributed by atoms with van der Waals surface area (Å²) in [5, 5.41) is 4.11. The highest BCUT2D eigenvalue weighted by atomic mass is 35.5. The summed E-state index contributed by atoms with van der Waals surface area (Å²) in [5.74, 6) is 1.33. The molecule has 2 fully saturated rings. The van der Waals surface area contributed by atoms with Crippen molar-refractivity contribution in [2.75, 3.05) is 50.7 Å². The number of piperazine rings is 1. The summed E-state index contributed by atoms with van der Waals surface area (Å²) in [6, 6.07) is 8.05. The molecule has 30 heavy (non-hydrogen) atoms. The Balaban J connectivity index is 1.19. The van der Waals surface area contributed by atoms with Crippen LogP contribution in [0.3, 0.4) is 0 Å². The number of nitrogens with zero attached hydrogens (tertiary/aromatic N) is 5. The molecule has 1 aromatic carbocycles. The Morgan fingerprint density at radius 2 is 1.83 bits per heavy atom. The zero-order valence-corrected chi connectivity index (χ0v) is 19.2. The van der Waals surface area contributed by atoms with Crippen LogP contribution < -0.4 is 10.6 Å². The number of hydrogen-bond donors (Lipinski definition) is 1. The summed E-state index contributed by atoms with van der Waals surface area (Å²) in [4.78, 5) is 16.4. The van der Waals surface area contributed by atoms with E-state index in [0.29, 0.717) is 11.9 Å². The molecule has 0 atom stereocenters. The molecule has 3 heterocycles. The van der Waals surface area contributed by atoms with E-state index in [1.807, 2.05) is 12.1 Å². The highest BCUT2D eigenvalue weighted by molar-refractivity contribution is 7.09. The predicted molar refractivity (Wildman–Crippen MR) is 127 cm³/mol. The van der Waals surface area contributed by atoms with E-state index in [4.69, 9.17) is 22.3 Å².